The third-order valence-corrected chi connectivity index (χ3v) is 4.64. The molecule has 1 aliphatic carbocycles. The molecule has 1 saturated heterocycles. The van der Waals surface area contributed by atoms with Crippen molar-refractivity contribution in [3.8, 4) is 5.88 Å². The van der Waals surface area contributed by atoms with Crippen LogP contribution in [0.2, 0.25) is 0 Å². The Kier molecular flexibility index (Phi) is 4.22. The molecule has 1 N–H and O–H groups in total. The van der Waals surface area contributed by atoms with Crippen molar-refractivity contribution < 1.29 is 4.74 Å². The van der Waals surface area contributed by atoms with Gasteiger partial charge in [-0.3, -0.25) is 4.90 Å². The van der Waals surface area contributed by atoms with Gasteiger partial charge in [0.05, 0.1) is 7.11 Å². The number of methoxy groups -OCH3 is 1. The van der Waals surface area contributed by atoms with Crippen LogP contribution in [0.3, 0.4) is 0 Å². The van der Waals surface area contributed by atoms with Crippen molar-refractivity contribution >= 4 is 0 Å². The largest absolute Gasteiger partial charge is 0.481 e. The van der Waals surface area contributed by atoms with E-state index in [0.717, 1.165) is 31.4 Å². The predicted molar refractivity (Wildman–Crippen MR) is 79.8 cm³/mol. The molecule has 2 unspecified atom stereocenters. The summed E-state index contributed by atoms with van der Waals surface area (Å²) >= 11 is 0. The highest BCUT2D eigenvalue weighted by molar-refractivity contribution is 5.25. The first-order valence-electron chi connectivity index (χ1n) is 7.77. The molecule has 2 atom stereocenters. The normalized spacial score (nSPS) is 27.5. The van der Waals surface area contributed by atoms with E-state index >= 15 is 0 Å². The Morgan fingerprint density at radius 3 is 3.00 bits per heavy atom. The van der Waals surface area contributed by atoms with Crippen molar-refractivity contribution in [1.82, 2.24) is 15.2 Å². The number of piperazine rings is 1. The van der Waals surface area contributed by atoms with Crippen molar-refractivity contribution in [2.24, 2.45) is 5.92 Å². The van der Waals surface area contributed by atoms with Crippen molar-refractivity contribution in [2.75, 3.05) is 20.2 Å². The molecule has 1 saturated carbocycles. The average Bonchev–Trinajstić information content (AvgIpc) is 3.32. The summed E-state index contributed by atoms with van der Waals surface area (Å²) in [6.45, 7) is 5.49. The van der Waals surface area contributed by atoms with Crippen LogP contribution in [0.1, 0.15) is 31.7 Å². The lowest BCUT2D eigenvalue weighted by Crippen LogP contribution is -2.56. The summed E-state index contributed by atoms with van der Waals surface area (Å²) in [6, 6.07) is 5.43. The summed E-state index contributed by atoms with van der Waals surface area (Å²) in [7, 11) is 1.70. The van der Waals surface area contributed by atoms with Crippen molar-refractivity contribution in [3.63, 3.8) is 0 Å². The molecule has 2 heterocycles. The topological polar surface area (TPSA) is 37.4 Å². The fourth-order valence-electron chi connectivity index (χ4n) is 3.24. The highest BCUT2D eigenvalue weighted by Crippen LogP contribution is 2.35. The summed E-state index contributed by atoms with van der Waals surface area (Å²) in [5, 5.41) is 3.74. The van der Waals surface area contributed by atoms with Crippen molar-refractivity contribution in [1.29, 1.82) is 0 Å². The van der Waals surface area contributed by atoms with E-state index in [-0.39, 0.29) is 0 Å². The quantitative estimate of drug-likeness (QED) is 0.892. The van der Waals surface area contributed by atoms with Gasteiger partial charge in [0.25, 0.3) is 0 Å². The van der Waals surface area contributed by atoms with Gasteiger partial charge in [0.2, 0.25) is 5.88 Å². The van der Waals surface area contributed by atoms with E-state index in [1.165, 1.54) is 24.8 Å². The van der Waals surface area contributed by atoms with E-state index in [0.29, 0.717) is 12.1 Å². The second kappa shape index (κ2) is 6.10. The monoisotopic (exact) mass is 275 g/mol. The zero-order chi connectivity index (χ0) is 13.9. The first-order valence-corrected chi connectivity index (χ1v) is 7.77. The molecule has 110 valence electrons. The second-order valence-electron chi connectivity index (χ2n) is 6.02. The molecule has 1 aliphatic heterocycles. The Labute approximate surface area is 121 Å². The number of aromatic nitrogens is 1. The highest BCUT2D eigenvalue weighted by Gasteiger charge is 2.36. The van der Waals surface area contributed by atoms with Gasteiger partial charge in [-0.25, -0.2) is 4.98 Å². The Morgan fingerprint density at radius 2 is 2.30 bits per heavy atom. The third kappa shape index (κ3) is 2.96. The van der Waals surface area contributed by atoms with E-state index in [9.17, 15) is 0 Å². The molecule has 20 heavy (non-hydrogen) atoms. The molecule has 0 amide bonds. The number of nitrogens with zero attached hydrogens (tertiary/aromatic N) is 2. The molecule has 0 bridgehead atoms. The molecule has 4 nitrogen and oxygen atoms in total. The molecule has 0 spiro atoms. The highest BCUT2D eigenvalue weighted by atomic mass is 16.5. The van der Waals surface area contributed by atoms with Gasteiger partial charge in [0.1, 0.15) is 0 Å². The summed E-state index contributed by atoms with van der Waals surface area (Å²) in [5.41, 5.74) is 1.20. The van der Waals surface area contributed by atoms with E-state index < -0.39 is 0 Å². The Bertz CT molecular complexity index is 447. The van der Waals surface area contributed by atoms with Gasteiger partial charge in [0, 0.05) is 43.5 Å². The number of hydrogen-bond acceptors (Lipinski definition) is 4. The van der Waals surface area contributed by atoms with E-state index in [1.54, 1.807) is 13.3 Å². The maximum Gasteiger partial charge on any atom is 0.217 e. The molecule has 0 radical (unpaired) electrons. The Balaban J connectivity index is 1.71. The van der Waals surface area contributed by atoms with Crippen LogP contribution in [0, 0.1) is 5.92 Å². The van der Waals surface area contributed by atoms with Gasteiger partial charge >= 0.3 is 0 Å². The summed E-state index contributed by atoms with van der Waals surface area (Å²) in [6.07, 6.45) is 5.79. The van der Waals surface area contributed by atoms with Crippen molar-refractivity contribution in [2.45, 2.75) is 44.8 Å². The zero-order valence-corrected chi connectivity index (χ0v) is 12.5. The van der Waals surface area contributed by atoms with Crippen LogP contribution in [0.25, 0.3) is 0 Å². The Hall–Kier alpha value is -1.13. The van der Waals surface area contributed by atoms with Crippen molar-refractivity contribution in [3.05, 3.63) is 23.9 Å². The van der Waals surface area contributed by atoms with E-state index in [4.69, 9.17) is 4.74 Å². The minimum Gasteiger partial charge on any atom is -0.481 e. The van der Waals surface area contributed by atoms with Gasteiger partial charge in [-0.2, -0.15) is 0 Å². The van der Waals surface area contributed by atoms with Crippen LogP contribution < -0.4 is 10.1 Å². The summed E-state index contributed by atoms with van der Waals surface area (Å²) < 4.78 is 5.39. The SMILES string of the molecule is CCC1CNC(C2CC2)CN1Cc1cccnc1OC. The van der Waals surface area contributed by atoms with Crippen LogP contribution in [-0.4, -0.2) is 42.2 Å². The third-order valence-electron chi connectivity index (χ3n) is 4.64. The molecule has 1 aromatic rings. The fraction of sp³-hybridized carbons (Fsp3) is 0.688. The second-order valence-corrected chi connectivity index (χ2v) is 6.02. The van der Waals surface area contributed by atoms with Gasteiger partial charge in [0.15, 0.2) is 0 Å². The maximum atomic E-state index is 5.39. The summed E-state index contributed by atoms with van der Waals surface area (Å²) in [4.78, 5) is 6.93. The molecular formula is C16H25N3O. The Morgan fingerprint density at radius 1 is 1.45 bits per heavy atom. The predicted octanol–water partition coefficient (Wildman–Crippen LogP) is 2.05. The van der Waals surface area contributed by atoms with E-state index in [1.807, 2.05) is 6.07 Å². The molecule has 3 rings (SSSR count). The first kappa shape index (κ1) is 13.8. The summed E-state index contributed by atoms with van der Waals surface area (Å²) in [5.74, 6) is 1.68. The van der Waals surface area contributed by atoms with Gasteiger partial charge in [-0.05, 0) is 31.2 Å². The van der Waals surface area contributed by atoms with Crippen LogP contribution >= 0.6 is 0 Å². The van der Waals surface area contributed by atoms with Crippen LogP contribution in [0.4, 0.5) is 0 Å². The number of rotatable bonds is 5. The minimum absolute atomic E-state index is 0.620. The molecule has 2 fully saturated rings. The maximum absolute atomic E-state index is 5.39. The first-order chi connectivity index (χ1) is 9.81. The number of nitrogens with one attached hydrogen (secondary N) is 1. The zero-order valence-electron chi connectivity index (χ0n) is 12.5. The number of hydrogen-bond donors (Lipinski definition) is 1. The van der Waals surface area contributed by atoms with Gasteiger partial charge in [-0.15, -0.1) is 0 Å². The number of pyridine rings is 1. The molecule has 2 aliphatic rings. The van der Waals surface area contributed by atoms with Crippen LogP contribution in [0.15, 0.2) is 18.3 Å². The fourth-order valence-corrected chi connectivity index (χ4v) is 3.24. The lowest BCUT2D eigenvalue weighted by Gasteiger charge is -2.40. The van der Waals surface area contributed by atoms with Gasteiger partial charge < -0.3 is 10.1 Å². The molecule has 0 aromatic carbocycles. The van der Waals surface area contributed by atoms with Gasteiger partial charge in [-0.1, -0.05) is 13.0 Å². The number of ether oxygens (including phenoxy) is 1. The molecular weight excluding hydrogens is 250 g/mol. The standard InChI is InChI=1S/C16H25N3O/c1-3-14-9-18-15(12-6-7-12)11-19(14)10-13-5-4-8-17-16(13)20-2/h4-5,8,12,14-15,18H,3,6-7,9-11H2,1-2H3. The lowest BCUT2D eigenvalue weighted by molar-refractivity contribution is 0.110. The average molecular weight is 275 g/mol. The van der Waals surface area contributed by atoms with Crippen LogP contribution in [-0.2, 0) is 6.54 Å². The molecule has 1 aromatic heterocycles. The lowest BCUT2D eigenvalue weighted by atomic mass is 10.0. The minimum atomic E-state index is 0.620. The molecule has 4 heteroatoms. The smallest absolute Gasteiger partial charge is 0.217 e. The van der Waals surface area contributed by atoms with Crippen LogP contribution in [0.5, 0.6) is 5.88 Å². The van der Waals surface area contributed by atoms with E-state index in [2.05, 4.69) is 28.2 Å².